The van der Waals surface area contributed by atoms with Crippen LogP contribution in [0.1, 0.15) is 10.4 Å². The molecule has 1 fully saturated rings. The van der Waals surface area contributed by atoms with Gasteiger partial charge in [-0.1, -0.05) is 34.8 Å². The van der Waals surface area contributed by atoms with Crippen molar-refractivity contribution in [3.8, 4) is 0 Å². The van der Waals surface area contributed by atoms with E-state index in [-0.39, 0.29) is 51.7 Å². The molecule has 5 nitrogen and oxygen atoms in total. The molecule has 2 aromatic rings. The number of sulfonamides is 1. The Morgan fingerprint density at radius 1 is 0.893 bits per heavy atom. The van der Waals surface area contributed by atoms with Crippen molar-refractivity contribution in [3.63, 3.8) is 0 Å². The fourth-order valence-corrected chi connectivity index (χ4v) is 5.19. The van der Waals surface area contributed by atoms with E-state index in [9.17, 15) is 22.0 Å². The Kier molecular flexibility index (Phi) is 6.17. The highest BCUT2D eigenvalue weighted by molar-refractivity contribution is 7.89. The standard InChI is InChI=1S/C17H13Cl3F2N2O3S/c18-10-1-2-12(19)16(7-10)28(26,27)24-5-3-23(4-6-24)17(25)11-8-14(21)15(22)9-13(11)20/h1-2,7-9H,3-6H2. The minimum atomic E-state index is -3.91. The van der Waals surface area contributed by atoms with Gasteiger partial charge in [0, 0.05) is 31.2 Å². The van der Waals surface area contributed by atoms with Gasteiger partial charge in [-0.25, -0.2) is 17.2 Å². The van der Waals surface area contributed by atoms with Gasteiger partial charge < -0.3 is 4.90 Å². The zero-order valence-corrected chi connectivity index (χ0v) is 17.2. The molecule has 1 heterocycles. The number of hydrogen-bond acceptors (Lipinski definition) is 3. The van der Waals surface area contributed by atoms with Crippen molar-refractivity contribution in [3.05, 3.63) is 62.6 Å². The summed E-state index contributed by atoms with van der Waals surface area (Å²) in [7, 11) is -3.91. The highest BCUT2D eigenvalue weighted by Crippen LogP contribution is 2.29. The average Bonchev–Trinajstić information content (AvgIpc) is 2.66. The van der Waals surface area contributed by atoms with E-state index in [1.54, 1.807) is 0 Å². The maximum Gasteiger partial charge on any atom is 0.255 e. The number of nitrogens with zero attached hydrogens (tertiary/aromatic N) is 2. The van der Waals surface area contributed by atoms with Gasteiger partial charge in [0.2, 0.25) is 10.0 Å². The van der Waals surface area contributed by atoms with Gasteiger partial charge in [-0.15, -0.1) is 0 Å². The molecule has 0 spiro atoms. The lowest BCUT2D eigenvalue weighted by atomic mass is 10.1. The van der Waals surface area contributed by atoms with E-state index < -0.39 is 27.6 Å². The van der Waals surface area contributed by atoms with E-state index in [2.05, 4.69) is 0 Å². The number of amides is 1. The van der Waals surface area contributed by atoms with Gasteiger partial charge in [0.1, 0.15) is 4.90 Å². The predicted molar refractivity (Wildman–Crippen MR) is 102 cm³/mol. The molecule has 0 bridgehead atoms. The number of benzene rings is 2. The van der Waals surface area contributed by atoms with E-state index in [0.717, 1.165) is 12.1 Å². The lowest BCUT2D eigenvalue weighted by Gasteiger charge is -2.34. The summed E-state index contributed by atoms with van der Waals surface area (Å²) in [5.74, 6) is -2.96. The summed E-state index contributed by atoms with van der Waals surface area (Å²) in [6, 6.07) is 5.59. The van der Waals surface area contributed by atoms with E-state index >= 15 is 0 Å². The predicted octanol–water partition coefficient (Wildman–Crippen LogP) is 4.07. The second-order valence-electron chi connectivity index (χ2n) is 6.02. The molecule has 1 saturated heterocycles. The van der Waals surface area contributed by atoms with Crippen LogP contribution in [0, 0.1) is 11.6 Å². The summed E-state index contributed by atoms with van der Waals surface area (Å²) in [4.78, 5) is 13.8. The van der Waals surface area contributed by atoms with Gasteiger partial charge in [-0.05, 0) is 30.3 Å². The first kappa shape index (κ1) is 21.3. The summed E-state index contributed by atoms with van der Waals surface area (Å²) in [5, 5.41) is 0.0471. The summed E-state index contributed by atoms with van der Waals surface area (Å²) < 4.78 is 53.4. The summed E-state index contributed by atoms with van der Waals surface area (Å²) in [6.07, 6.45) is 0. The fourth-order valence-electron chi connectivity index (χ4n) is 2.80. The van der Waals surface area contributed by atoms with Crippen LogP contribution in [0.15, 0.2) is 35.2 Å². The van der Waals surface area contributed by atoms with Crippen molar-refractivity contribution in [2.75, 3.05) is 26.2 Å². The van der Waals surface area contributed by atoms with Crippen LogP contribution in [0.4, 0.5) is 8.78 Å². The van der Waals surface area contributed by atoms with Crippen LogP contribution in [-0.4, -0.2) is 49.7 Å². The van der Waals surface area contributed by atoms with Crippen molar-refractivity contribution in [1.29, 1.82) is 0 Å². The summed E-state index contributed by atoms with van der Waals surface area (Å²) >= 11 is 17.7. The van der Waals surface area contributed by atoms with Crippen LogP contribution in [0.3, 0.4) is 0 Å². The Balaban J connectivity index is 1.76. The smallest absolute Gasteiger partial charge is 0.255 e. The van der Waals surface area contributed by atoms with Gasteiger partial charge in [0.25, 0.3) is 5.91 Å². The SMILES string of the molecule is O=C(c1cc(F)c(F)cc1Cl)N1CCN(S(=O)(=O)c2cc(Cl)ccc2Cl)CC1. The molecule has 1 aliphatic rings. The van der Waals surface area contributed by atoms with E-state index in [4.69, 9.17) is 34.8 Å². The highest BCUT2D eigenvalue weighted by Gasteiger charge is 2.32. The normalized spacial score (nSPS) is 15.7. The second-order valence-corrected chi connectivity index (χ2v) is 9.17. The Bertz CT molecular complexity index is 1040. The Morgan fingerprint density at radius 3 is 2.14 bits per heavy atom. The first-order chi connectivity index (χ1) is 13.1. The van der Waals surface area contributed by atoms with Crippen LogP contribution in [0.2, 0.25) is 15.1 Å². The quantitative estimate of drug-likeness (QED) is 0.637. The Morgan fingerprint density at radius 2 is 1.50 bits per heavy atom. The molecule has 1 aliphatic heterocycles. The van der Waals surface area contributed by atoms with E-state index in [1.807, 2.05) is 0 Å². The molecule has 2 aromatic carbocycles. The molecule has 0 aliphatic carbocycles. The summed E-state index contributed by atoms with van der Waals surface area (Å²) in [5.41, 5.74) is -0.185. The number of halogens is 5. The molecule has 0 radical (unpaired) electrons. The van der Waals surface area contributed by atoms with Crippen LogP contribution in [0.25, 0.3) is 0 Å². The van der Waals surface area contributed by atoms with Crippen LogP contribution in [-0.2, 0) is 10.0 Å². The van der Waals surface area contributed by atoms with Crippen molar-refractivity contribution >= 4 is 50.7 Å². The van der Waals surface area contributed by atoms with Crippen molar-refractivity contribution < 1.29 is 22.0 Å². The molecule has 0 N–H and O–H groups in total. The zero-order chi connectivity index (χ0) is 20.6. The van der Waals surface area contributed by atoms with Crippen molar-refractivity contribution in [2.45, 2.75) is 4.90 Å². The zero-order valence-electron chi connectivity index (χ0n) is 14.1. The van der Waals surface area contributed by atoms with Gasteiger partial charge in [-0.3, -0.25) is 4.79 Å². The Hall–Kier alpha value is -1.45. The molecular formula is C17H13Cl3F2N2O3S. The third-order valence-corrected chi connectivity index (χ3v) is 7.21. The first-order valence-electron chi connectivity index (χ1n) is 8.00. The molecule has 11 heteroatoms. The second kappa shape index (κ2) is 8.12. The lowest BCUT2D eigenvalue weighted by molar-refractivity contribution is 0.0697. The number of carbonyl (C=O) groups is 1. The molecular weight excluding hydrogens is 457 g/mol. The van der Waals surface area contributed by atoms with E-state index in [0.29, 0.717) is 0 Å². The van der Waals surface area contributed by atoms with Crippen molar-refractivity contribution in [2.24, 2.45) is 0 Å². The maximum atomic E-state index is 13.4. The molecule has 0 unspecified atom stereocenters. The van der Waals surface area contributed by atoms with Crippen molar-refractivity contribution in [1.82, 2.24) is 9.21 Å². The number of piperazine rings is 1. The average molecular weight is 470 g/mol. The maximum absolute atomic E-state index is 13.4. The van der Waals surface area contributed by atoms with Gasteiger partial charge in [0.05, 0.1) is 15.6 Å². The Labute approximate surface area is 175 Å². The van der Waals surface area contributed by atoms with Gasteiger partial charge in [0.15, 0.2) is 11.6 Å². The molecule has 0 aromatic heterocycles. The third kappa shape index (κ3) is 4.11. The number of hydrogen-bond donors (Lipinski definition) is 0. The first-order valence-corrected chi connectivity index (χ1v) is 10.6. The highest BCUT2D eigenvalue weighted by atomic mass is 35.5. The van der Waals surface area contributed by atoms with Crippen LogP contribution < -0.4 is 0 Å². The van der Waals surface area contributed by atoms with Crippen LogP contribution >= 0.6 is 34.8 Å². The summed E-state index contributed by atoms with van der Waals surface area (Å²) in [6.45, 7) is 0.0908. The number of carbonyl (C=O) groups excluding carboxylic acids is 1. The molecule has 0 atom stereocenters. The van der Waals surface area contributed by atoms with Gasteiger partial charge >= 0.3 is 0 Å². The number of rotatable bonds is 3. The molecule has 1 amide bonds. The minimum absolute atomic E-state index is 0.00177. The molecule has 28 heavy (non-hydrogen) atoms. The monoisotopic (exact) mass is 468 g/mol. The lowest BCUT2D eigenvalue weighted by Crippen LogP contribution is -2.50. The van der Waals surface area contributed by atoms with E-state index in [1.165, 1.54) is 27.4 Å². The topological polar surface area (TPSA) is 57.7 Å². The molecule has 150 valence electrons. The fraction of sp³-hybridized carbons (Fsp3) is 0.235. The van der Waals surface area contributed by atoms with Crippen LogP contribution in [0.5, 0.6) is 0 Å². The molecule has 3 rings (SSSR count). The third-order valence-electron chi connectivity index (χ3n) is 4.28. The minimum Gasteiger partial charge on any atom is -0.336 e. The molecule has 0 saturated carbocycles. The van der Waals surface area contributed by atoms with Gasteiger partial charge in [-0.2, -0.15) is 4.31 Å². The largest absolute Gasteiger partial charge is 0.336 e.